The summed E-state index contributed by atoms with van der Waals surface area (Å²) >= 11 is 0. The minimum absolute atomic E-state index is 0.0446. The molecule has 0 saturated carbocycles. The van der Waals surface area contributed by atoms with Gasteiger partial charge in [-0.05, 0) is 25.0 Å². The van der Waals surface area contributed by atoms with Gasteiger partial charge >= 0.3 is 0 Å². The average Bonchev–Trinajstić information content (AvgIpc) is 2.92. The van der Waals surface area contributed by atoms with Gasteiger partial charge in [0.05, 0.1) is 0 Å². The Hall–Kier alpha value is -2.10. The lowest BCUT2D eigenvalue weighted by molar-refractivity contribution is -0.122. The molecule has 0 saturated heterocycles. The predicted octanol–water partition coefficient (Wildman–Crippen LogP) is 3.49. The molecule has 0 spiro atoms. The van der Waals surface area contributed by atoms with Gasteiger partial charge in [-0.3, -0.25) is 4.79 Å². The van der Waals surface area contributed by atoms with Crippen molar-refractivity contribution in [1.29, 1.82) is 0 Å². The van der Waals surface area contributed by atoms with Crippen LogP contribution in [0.2, 0.25) is 0 Å². The number of para-hydroxylation sites is 1. The van der Waals surface area contributed by atoms with E-state index in [0.29, 0.717) is 12.2 Å². The lowest BCUT2D eigenvalue weighted by atomic mass is 9.93. The fourth-order valence-corrected chi connectivity index (χ4v) is 2.97. The third kappa shape index (κ3) is 4.44. The fourth-order valence-electron chi connectivity index (χ4n) is 2.97. The van der Waals surface area contributed by atoms with E-state index in [1.807, 2.05) is 39.3 Å². The zero-order chi connectivity index (χ0) is 16.8. The van der Waals surface area contributed by atoms with E-state index in [4.69, 9.17) is 0 Å². The number of carbonyl (C=O) groups is 1. The van der Waals surface area contributed by atoms with Crippen LogP contribution in [-0.4, -0.2) is 29.4 Å². The number of Topliss-reactive ketones (excluding diaryl/α,β-unsaturated/α-hetero) is 1. The summed E-state index contributed by atoms with van der Waals surface area (Å²) in [6.07, 6.45) is 6.18. The molecule has 0 N–H and O–H groups in total. The van der Waals surface area contributed by atoms with Crippen LogP contribution in [0.1, 0.15) is 31.2 Å². The molecule has 23 heavy (non-hydrogen) atoms. The number of carbonyl (C=O) groups excluding carboxylic acids is 1. The second kappa shape index (κ2) is 7.95. The Bertz CT molecular complexity index is 646. The quantitative estimate of drug-likeness (QED) is 0.749. The van der Waals surface area contributed by atoms with E-state index >= 15 is 0 Å². The van der Waals surface area contributed by atoms with Gasteiger partial charge in [0.1, 0.15) is 11.6 Å². The first kappa shape index (κ1) is 17.3. The minimum atomic E-state index is 0.0446. The van der Waals surface area contributed by atoms with Crippen LogP contribution in [0.5, 0.6) is 0 Å². The Morgan fingerprint density at radius 2 is 2.04 bits per heavy atom. The third-order valence-corrected chi connectivity index (χ3v) is 4.27. The number of aromatic nitrogens is 2. The van der Waals surface area contributed by atoms with Crippen molar-refractivity contribution in [2.24, 2.45) is 5.92 Å². The van der Waals surface area contributed by atoms with E-state index in [1.54, 1.807) is 6.20 Å². The number of nitrogens with zero attached hydrogens (tertiary/aromatic N) is 3. The van der Waals surface area contributed by atoms with Crippen LogP contribution in [0.3, 0.4) is 0 Å². The van der Waals surface area contributed by atoms with Crippen molar-refractivity contribution in [2.45, 2.75) is 39.7 Å². The van der Waals surface area contributed by atoms with E-state index < -0.39 is 0 Å². The van der Waals surface area contributed by atoms with Crippen LogP contribution in [-0.2, 0) is 17.8 Å². The molecule has 1 aromatic heterocycles. The lowest BCUT2D eigenvalue weighted by Crippen LogP contribution is -2.23. The zero-order valence-electron chi connectivity index (χ0n) is 14.6. The summed E-state index contributed by atoms with van der Waals surface area (Å²) in [5, 5.41) is 0. The van der Waals surface area contributed by atoms with Crippen LogP contribution < -0.4 is 4.90 Å². The van der Waals surface area contributed by atoms with Gasteiger partial charge in [0.15, 0.2) is 0 Å². The highest BCUT2D eigenvalue weighted by atomic mass is 16.1. The number of ketones is 1. The van der Waals surface area contributed by atoms with E-state index in [0.717, 1.165) is 36.5 Å². The van der Waals surface area contributed by atoms with Crippen LogP contribution in [0.25, 0.3) is 0 Å². The van der Waals surface area contributed by atoms with Crippen molar-refractivity contribution < 1.29 is 4.79 Å². The molecule has 2 aromatic rings. The van der Waals surface area contributed by atoms with Crippen LogP contribution in [0.4, 0.5) is 5.69 Å². The molecule has 0 fully saturated rings. The maximum atomic E-state index is 12.9. The number of imidazole rings is 1. The maximum absolute atomic E-state index is 12.9. The molecule has 0 aliphatic carbocycles. The van der Waals surface area contributed by atoms with Crippen LogP contribution in [0, 0.1) is 12.8 Å². The van der Waals surface area contributed by atoms with Crippen molar-refractivity contribution >= 4 is 11.5 Å². The topological polar surface area (TPSA) is 38.1 Å². The first-order valence-corrected chi connectivity index (χ1v) is 8.28. The van der Waals surface area contributed by atoms with E-state index in [9.17, 15) is 4.79 Å². The largest absolute Gasteiger partial charge is 0.377 e. The normalized spacial score (nSPS) is 12.2. The number of anilines is 1. The Morgan fingerprint density at radius 3 is 2.65 bits per heavy atom. The molecule has 124 valence electrons. The average molecular weight is 313 g/mol. The molecule has 0 aliphatic rings. The summed E-state index contributed by atoms with van der Waals surface area (Å²) in [4.78, 5) is 19.2. The second-order valence-corrected chi connectivity index (χ2v) is 6.28. The van der Waals surface area contributed by atoms with Gasteiger partial charge < -0.3 is 9.47 Å². The highest BCUT2D eigenvalue weighted by molar-refractivity contribution is 5.84. The Balaban J connectivity index is 2.14. The molecule has 0 aliphatic heterocycles. The van der Waals surface area contributed by atoms with Gasteiger partial charge in [-0.15, -0.1) is 0 Å². The fraction of sp³-hybridized carbons (Fsp3) is 0.474. The molecule has 1 aromatic carbocycles. The van der Waals surface area contributed by atoms with Gasteiger partial charge in [0.2, 0.25) is 0 Å². The molecular formula is C19H27N3O. The van der Waals surface area contributed by atoms with Crippen LogP contribution >= 0.6 is 0 Å². The van der Waals surface area contributed by atoms with Crippen molar-refractivity contribution in [3.63, 3.8) is 0 Å². The SMILES string of the molecule is CCCC(Cn1ccnc1C)C(=O)Cc1ccccc1N(C)C. The lowest BCUT2D eigenvalue weighted by Gasteiger charge is -2.20. The van der Waals surface area contributed by atoms with E-state index in [-0.39, 0.29) is 5.92 Å². The summed E-state index contributed by atoms with van der Waals surface area (Å²) in [7, 11) is 4.03. The molecule has 4 heteroatoms. The molecule has 0 amide bonds. The van der Waals surface area contributed by atoms with E-state index in [2.05, 4.69) is 33.5 Å². The van der Waals surface area contributed by atoms with Gasteiger partial charge in [0.25, 0.3) is 0 Å². The molecular weight excluding hydrogens is 286 g/mol. The summed E-state index contributed by atoms with van der Waals surface area (Å²) in [5.74, 6) is 1.32. The minimum Gasteiger partial charge on any atom is -0.377 e. The molecule has 1 heterocycles. The number of aryl methyl sites for hydroxylation is 1. The highest BCUT2D eigenvalue weighted by Gasteiger charge is 2.20. The third-order valence-electron chi connectivity index (χ3n) is 4.27. The monoisotopic (exact) mass is 313 g/mol. The van der Waals surface area contributed by atoms with E-state index in [1.165, 1.54) is 0 Å². The van der Waals surface area contributed by atoms with Crippen molar-refractivity contribution in [3.05, 3.63) is 48.0 Å². The highest BCUT2D eigenvalue weighted by Crippen LogP contribution is 2.22. The number of rotatable bonds is 8. The van der Waals surface area contributed by atoms with Crippen molar-refractivity contribution in [2.75, 3.05) is 19.0 Å². The first-order chi connectivity index (χ1) is 11.0. The molecule has 0 radical (unpaired) electrons. The molecule has 0 bridgehead atoms. The maximum Gasteiger partial charge on any atom is 0.142 e. The van der Waals surface area contributed by atoms with Gasteiger partial charge in [0, 0.05) is 51.1 Å². The van der Waals surface area contributed by atoms with Gasteiger partial charge in [-0.2, -0.15) is 0 Å². The van der Waals surface area contributed by atoms with Crippen molar-refractivity contribution in [1.82, 2.24) is 9.55 Å². The molecule has 2 rings (SSSR count). The molecule has 1 unspecified atom stereocenters. The van der Waals surface area contributed by atoms with Gasteiger partial charge in [-0.25, -0.2) is 4.98 Å². The number of benzene rings is 1. The Labute approximate surface area is 139 Å². The summed E-state index contributed by atoms with van der Waals surface area (Å²) in [6, 6.07) is 8.14. The number of hydrogen-bond donors (Lipinski definition) is 0. The Morgan fingerprint density at radius 1 is 1.30 bits per heavy atom. The summed E-state index contributed by atoms with van der Waals surface area (Å²) in [6.45, 7) is 4.84. The number of hydrogen-bond acceptors (Lipinski definition) is 3. The summed E-state index contributed by atoms with van der Waals surface area (Å²) < 4.78 is 2.08. The molecule has 4 nitrogen and oxygen atoms in total. The summed E-state index contributed by atoms with van der Waals surface area (Å²) in [5.41, 5.74) is 2.22. The van der Waals surface area contributed by atoms with Crippen LogP contribution in [0.15, 0.2) is 36.7 Å². The predicted molar refractivity (Wildman–Crippen MR) is 94.8 cm³/mol. The smallest absolute Gasteiger partial charge is 0.142 e. The van der Waals surface area contributed by atoms with Gasteiger partial charge in [-0.1, -0.05) is 31.5 Å². The second-order valence-electron chi connectivity index (χ2n) is 6.28. The standard InChI is InChI=1S/C19H27N3O/c1-5-8-17(14-22-12-11-20-15(22)2)19(23)13-16-9-6-7-10-18(16)21(3)4/h6-7,9-12,17H,5,8,13-14H2,1-4H3. The zero-order valence-corrected chi connectivity index (χ0v) is 14.6. The first-order valence-electron chi connectivity index (χ1n) is 8.28. The van der Waals surface area contributed by atoms with Crippen molar-refractivity contribution in [3.8, 4) is 0 Å². The Kier molecular flexibility index (Phi) is 5.97. The molecule has 1 atom stereocenters.